The molecular weight excluding hydrogens is 303 g/mol. The summed E-state index contributed by atoms with van der Waals surface area (Å²) in [6, 6.07) is 5.48. The second-order valence-corrected chi connectivity index (χ2v) is 5.65. The lowest BCUT2D eigenvalue weighted by atomic mass is 9.92. The number of halogens is 3. The zero-order chi connectivity index (χ0) is 17.7. The lowest BCUT2D eigenvalue weighted by Gasteiger charge is -2.21. The van der Waals surface area contributed by atoms with Crippen molar-refractivity contribution >= 4 is 5.69 Å². The van der Waals surface area contributed by atoms with Gasteiger partial charge < -0.3 is 9.64 Å². The molecule has 0 fully saturated rings. The summed E-state index contributed by atoms with van der Waals surface area (Å²) in [6.45, 7) is 7.88. The van der Waals surface area contributed by atoms with E-state index in [0.29, 0.717) is 18.8 Å². The van der Waals surface area contributed by atoms with Crippen molar-refractivity contribution in [3.05, 3.63) is 29.3 Å². The van der Waals surface area contributed by atoms with Crippen molar-refractivity contribution in [2.75, 3.05) is 25.1 Å². The fraction of sp³-hybridized carbons (Fsp3) is 0.556. The number of ether oxygens (including phenoxy) is 1. The first-order chi connectivity index (χ1) is 10.7. The van der Waals surface area contributed by atoms with Gasteiger partial charge in [-0.05, 0) is 26.0 Å². The quantitative estimate of drug-likeness (QED) is 0.645. The van der Waals surface area contributed by atoms with Gasteiger partial charge in [-0.25, -0.2) is 0 Å². The van der Waals surface area contributed by atoms with E-state index < -0.39 is 11.6 Å². The van der Waals surface area contributed by atoms with Gasteiger partial charge in [0.2, 0.25) is 0 Å². The minimum absolute atomic E-state index is 0.372. The van der Waals surface area contributed by atoms with Gasteiger partial charge in [-0.15, -0.1) is 0 Å². The number of benzene rings is 1. The van der Waals surface area contributed by atoms with Crippen molar-refractivity contribution < 1.29 is 17.9 Å². The van der Waals surface area contributed by atoms with Crippen LogP contribution in [0.4, 0.5) is 18.9 Å². The Morgan fingerprint density at radius 3 is 2.43 bits per heavy atom. The highest BCUT2D eigenvalue weighted by Gasteiger charge is 2.46. The molecule has 1 aliphatic rings. The molecule has 0 amide bonds. The predicted octanol–water partition coefficient (Wildman–Crippen LogP) is 4.62. The second kappa shape index (κ2) is 7.74. The van der Waals surface area contributed by atoms with Crippen LogP contribution in [0.5, 0.6) is 0 Å². The van der Waals surface area contributed by atoms with Gasteiger partial charge >= 0.3 is 6.18 Å². The van der Waals surface area contributed by atoms with Crippen LogP contribution in [0, 0.1) is 17.3 Å². The third-order valence-electron chi connectivity index (χ3n) is 3.60. The molecule has 0 aromatic heterocycles. The molecule has 23 heavy (non-hydrogen) atoms. The topological polar surface area (TPSA) is 12.5 Å². The largest absolute Gasteiger partial charge is 0.404 e. The van der Waals surface area contributed by atoms with Gasteiger partial charge in [0.15, 0.2) is 0 Å². The van der Waals surface area contributed by atoms with Gasteiger partial charge in [-0.3, -0.25) is 0 Å². The van der Waals surface area contributed by atoms with Crippen LogP contribution < -0.4 is 4.90 Å². The molecule has 0 saturated heterocycles. The fourth-order valence-electron chi connectivity index (χ4n) is 1.99. The van der Waals surface area contributed by atoms with Crippen LogP contribution in [-0.2, 0) is 11.3 Å². The van der Waals surface area contributed by atoms with Gasteiger partial charge in [0.1, 0.15) is 5.41 Å². The molecule has 1 aliphatic heterocycles. The fourth-order valence-corrected chi connectivity index (χ4v) is 1.99. The first kappa shape index (κ1) is 19.4. The van der Waals surface area contributed by atoms with E-state index >= 15 is 0 Å². The maximum Gasteiger partial charge on any atom is 0.404 e. The Morgan fingerprint density at radius 2 is 1.83 bits per heavy atom. The SMILES string of the molecule is CC.CN1CCOCc2c(C#CC(C)(C)C(F)(F)F)cccc21. The Balaban J connectivity index is 0.00000127. The van der Waals surface area contributed by atoms with Gasteiger partial charge in [0, 0.05) is 30.4 Å². The van der Waals surface area contributed by atoms with Crippen LogP contribution in [0.25, 0.3) is 0 Å². The third kappa shape index (κ3) is 4.65. The highest BCUT2D eigenvalue weighted by molar-refractivity contribution is 5.60. The van der Waals surface area contributed by atoms with Crippen LogP contribution in [0.1, 0.15) is 38.8 Å². The van der Waals surface area contributed by atoms with E-state index in [4.69, 9.17) is 4.74 Å². The number of likely N-dealkylation sites (N-methyl/N-ethyl adjacent to an activating group) is 1. The number of hydrogen-bond donors (Lipinski definition) is 0. The number of rotatable bonds is 0. The Bertz CT molecular complexity index is 582. The molecule has 1 heterocycles. The summed E-state index contributed by atoms with van der Waals surface area (Å²) in [7, 11) is 1.93. The van der Waals surface area contributed by atoms with E-state index in [1.54, 1.807) is 6.07 Å². The summed E-state index contributed by atoms with van der Waals surface area (Å²) in [5.41, 5.74) is 0.374. The highest BCUT2D eigenvalue weighted by atomic mass is 19.4. The zero-order valence-corrected chi connectivity index (χ0v) is 14.3. The molecule has 0 spiro atoms. The predicted molar refractivity (Wildman–Crippen MR) is 87.4 cm³/mol. The van der Waals surface area contributed by atoms with Crippen LogP contribution in [-0.4, -0.2) is 26.4 Å². The first-order valence-corrected chi connectivity index (χ1v) is 7.73. The molecule has 0 N–H and O–H groups in total. The van der Waals surface area contributed by atoms with E-state index in [0.717, 1.165) is 31.6 Å². The summed E-state index contributed by atoms with van der Waals surface area (Å²) in [5.74, 6) is 5.04. The molecule has 128 valence electrons. The smallest absolute Gasteiger partial charge is 0.375 e. The molecule has 0 radical (unpaired) electrons. The Labute approximate surface area is 136 Å². The van der Waals surface area contributed by atoms with Crippen molar-refractivity contribution in [3.63, 3.8) is 0 Å². The monoisotopic (exact) mass is 327 g/mol. The van der Waals surface area contributed by atoms with E-state index in [9.17, 15) is 13.2 Å². The molecule has 0 aliphatic carbocycles. The average molecular weight is 327 g/mol. The Morgan fingerprint density at radius 1 is 1.17 bits per heavy atom. The van der Waals surface area contributed by atoms with Crippen molar-refractivity contribution in [1.29, 1.82) is 0 Å². The van der Waals surface area contributed by atoms with Crippen molar-refractivity contribution in [2.24, 2.45) is 5.41 Å². The third-order valence-corrected chi connectivity index (χ3v) is 3.60. The van der Waals surface area contributed by atoms with E-state index in [-0.39, 0.29) is 0 Å². The van der Waals surface area contributed by atoms with Crippen LogP contribution in [0.2, 0.25) is 0 Å². The standard InChI is InChI=1S/C16H18F3NO.C2H6/c1-15(2,16(17,18)19)8-7-12-5-4-6-14-13(12)11-21-10-9-20(14)3;1-2/h4-6H,9-11H2,1-3H3;1-2H3. The summed E-state index contributed by atoms with van der Waals surface area (Å²) in [6.07, 6.45) is -4.35. The van der Waals surface area contributed by atoms with E-state index in [1.165, 1.54) is 0 Å². The number of anilines is 1. The molecule has 2 nitrogen and oxygen atoms in total. The molecule has 1 aromatic rings. The lowest BCUT2D eigenvalue weighted by Crippen LogP contribution is -2.30. The number of fused-ring (bicyclic) bond motifs is 1. The van der Waals surface area contributed by atoms with Crippen LogP contribution >= 0.6 is 0 Å². The summed E-state index contributed by atoms with van der Waals surface area (Å²) in [5, 5.41) is 0. The van der Waals surface area contributed by atoms with Crippen LogP contribution in [0.15, 0.2) is 18.2 Å². The van der Waals surface area contributed by atoms with Gasteiger partial charge in [0.05, 0.1) is 13.2 Å². The van der Waals surface area contributed by atoms with E-state index in [2.05, 4.69) is 11.8 Å². The zero-order valence-electron chi connectivity index (χ0n) is 14.3. The maximum absolute atomic E-state index is 12.9. The molecular formula is C18H24F3NO. The molecule has 5 heteroatoms. The number of hydrogen-bond acceptors (Lipinski definition) is 2. The molecule has 0 unspecified atom stereocenters. The van der Waals surface area contributed by atoms with Crippen LogP contribution in [0.3, 0.4) is 0 Å². The van der Waals surface area contributed by atoms with Crippen molar-refractivity contribution in [2.45, 2.75) is 40.5 Å². The second-order valence-electron chi connectivity index (χ2n) is 5.65. The summed E-state index contributed by atoms with van der Waals surface area (Å²) >= 11 is 0. The van der Waals surface area contributed by atoms with Gasteiger partial charge in [-0.1, -0.05) is 31.8 Å². The van der Waals surface area contributed by atoms with Gasteiger partial charge in [-0.2, -0.15) is 13.2 Å². The lowest BCUT2D eigenvalue weighted by molar-refractivity contribution is -0.190. The van der Waals surface area contributed by atoms with Crippen molar-refractivity contribution in [1.82, 2.24) is 0 Å². The van der Waals surface area contributed by atoms with Crippen molar-refractivity contribution in [3.8, 4) is 11.8 Å². The normalized spacial score (nSPS) is 14.7. The average Bonchev–Trinajstić information content (AvgIpc) is 2.69. The Hall–Kier alpha value is -1.67. The molecule has 0 atom stereocenters. The summed E-state index contributed by atoms with van der Waals surface area (Å²) in [4.78, 5) is 2.03. The number of alkyl halides is 3. The first-order valence-electron chi connectivity index (χ1n) is 7.73. The minimum atomic E-state index is -4.35. The molecule has 1 aromatic carbocycles. The Kier molecular flexibility index (Phi) is 6.52. The number of nitrogens with zero attached hydrogens (tertiary/aromatic N) is 1. The molecule has 2 rings (SSSR count). The summed E-state index contributed by atoms with van der Waals surface area (Å²) < 4.78 is 44.1. The maximum atomic E-state index is 12.9. The van der Waals surface area contributed by atoms with E-state index in [1.807, 2.05) is 37.9 Å². The minimum Gasteiger partial charge on any atom is -0.375 e. The van der Waals surface area contributed by atoms with Gasteiger partial charge in [0.25, 0.3) is 0 Å². The molecule has 0 saturated carbocycles. The highest BCUT2D eigenvalue weighted by Crippen LogP contribution is 2.37. The molecule has 0 bridgehead atoms.